The van der Waals surface area contributed by atoms with Crippen LogP contribution >= 0.6 is 27.5 Å². The Balaban J connectivity index is 1.46. The van der Waals surface area contributed by atoms with Crippen LogP contribution in [0.1, 0.15) is 10.6 Å². The molecule has 25 heavy (non-hydrogen) atoms. The van der Waals surface area contributed by atoms with E-state index in [4.69, 9.17) is 16.0 Å². The van der Waals surface area contributed by atoms with Crippen molar-refractivity contribution < 1.29 is 9.21 Å². The van der Waals surface area contributed by atoms with Crippen molar-refractivity contribution in [2.24, 2.45) is 0 Å². The summed E-state index contributed by atoms with van der Waals surface area (Å²) in [4.78, 5) is 21.0. The minimum absolute atomic E-state index is 0.0731. The van der Waals surface area contributed by atoms with Gasteiger partial charge < -0.3 is 14.2 Å². The molecule has 0 aliphatic carbocycles. The maximum Gasteiger partial charge on any atom is 0.289 e. The number of halogens is 2. The lowest BCUT2D eigenvalue weighted by molar-refractivity contribution is 0.0717. The fraction of sp³-hybridized carbons (Fsp3) is 0.222. The minimum Gasteiger partial charge on any atom is -0.451 e. The van der Waals surface area contributed by atoms with E-state index in [9.17, 15) is 4.79 Å². The fourth-order valence-electron chi connectivity index (χ4n) is 2.97. The third-order valence-electron chi connectivity index (χ3n) is 4.29. The molecule has 1 aliphatic rings. The number of fused-ring (bicyclic) bond motifs is 1. The van der Waals surface area contributed by atoms with Gasteiger partial charge in [-0.2, -0.15) is 0 Å². The highest BCUT2D eigenvalue weighted by Crippen LogP contribution is 2.25. The van der Waals surface area contributed by atoms with Crippen LogP contribution in [-0.2, 0) is 0 Å². The molecule has 4 rings (SSSR count). The molecule has 0 N–H and O–H groups in total. The Kier molecular flexibility index (Phi) is 4.39. The van der Waals surface area contributed by atoms with E-state index in [0.717, 1.165) is 34.3 Å². The number of anilines is 1. The zero-order valence-corrected chi connectivity index (χ0v) is 15.6. The van der Waals surface area contributed by atoms with Crippen molar-refractivity contribution >= 4 is 50.2 Å². The summed E-state index contributed by atoms with van der Waals surface area (Å²) in [5, 5.41) is 1.54. The lowest BCUT2D eigenvalue weighted by atomic mass is 10.2. The summed E-state index contributed by atoms with van der Waals surface area (Å²) in [5.74, 6) is 1.19. The maximum atomic E-state index is 12.7. The molecule has 0 saturated carbocycles. The van der Waals surface area contributed by atoms with Crippen LogP contribution in [0.5, 0.6) is 0 Å². The number of nitrogens with zero attached hydrogens (tertiary/aromatic N) is 3. The van der Waals surface area contributed by atoms with E-state index in [1.807, 2.05) is 35.2 Å². The lowest BCUT2D eigenvalue weighted by Crippen LogP contribution is -2.49. The van der Waals surface area contributed by atoms with Crippen molar-refractivity contribution in [1.82, 2.24) is 9.88 Å². The Morgan fingerprint density at radius 1 is 1.12 bits per heavy atom. The molecule has 1 amide bonds. The Bertz CT molecular complexity index is 918. The quantitative estimate of drug-likeness (QED) is 0.623. The highest BCUT2D eigenvalue weighted by molar-refractivity contribution is 9.10. The summed E-state index contributed by atoms with van der Waals surface area (Å²) >= 11 is 9.31. The van der Waals surface area contributed by atoms with Crippen LogP contribution in [0.15, 0.2) is 51.5 Å². The fourth-order valence-corrected chi connectivity index (χ4v) is 3.46. The third-order valence-corrected chi connectivity index (χ3v) is 5.01. The SMILES string of the molecule is O=C(c1cc2cc(Br)ccc2o1)N1CCN(c2ccc(Cl)cn2)CC1. The number of hydrogen-bond donors (Lipinski definition) is 0. The van der Waals surface area contributed by atoms with Crippen molar-refractivity contribution in [3.8, 4) is 0 Å². The van der Waals surface area contributed by atoms with Gasteiger partial charge in [0.2, 0.25) is 0 Å². The number of benzene rings is 1. The molecule has 1 fully saturated rings. The number of rotatable bonds is 2. The van der Waals surface area contributed by atoms with Crippen molar-refractivity contribution in [3.63, 3.8) is 0 Å². The Morgan fingerprint density at radius 3 is 2.64 bits per heavy atom. The number of hydrogen-bond acceptors (Lipinski definition) is 4. The highest BCUT2D eigenvalue weighted by atomic mass is 79.9. The molecule has 0 unspecified atom stereocenters. The average Bonchev–Trinajstić information content (AvgIpc) is 3.05. The molecular formula is C18H15BrClN3O2. The van der Waals surface area contributed by atoms with Gasteiger partial charge in [-0.1, -0.05) is 27.5 Å². The standard InChI is InChI=1S/C18H15BrClN3O2/c19-13-1-3-15-12(9-13)10-16(25-15)18(24)23-7-5-22(6-8-23)17-4-2-14(20)11-21-17/h1-4,9-11H,5-8H2. The average molecular weight is 421 g/mol. The molecule has 1 saturated heterocycles. The van der Waals surface area contributed by atoms with Gasteiger partial charge >= 0.3 is 0 Å². The number of amides is 1. The maximum absolute atomic E-state index is 12.7. The molecule has 3 heterocycles. The summed E-state index contributed by atoms with van der Waals surface area (Å²) in [6.45, 7) is 2.71. The molecule has 0 atom stereocenters. The molecule has 0 radical (unpaired) electrons. The Labute approximate surface area is 158 Å². The summed E-state index contributed by atoms with van der Waals surface area (Å²) < 4.78 is 6.67. The van der Waals surface area contributed by atoms with Crippen molar-refractivity contribution in [2.75, 3.05) is 31.1 Å². The van der Waals surface area contributed by atoms with Crippen LogP contribution in [-0.4, -0.2) is 42.0 Å². The highest BCUT2D eigenvalue weighted by Gasteiger charge is 2.25. The number of furan rings is 1. The van der Waals surface area contributed by atoms with Gasteiger partial charge in [-0.3, -0.25) is 4.79 Å². The van der Waals surface area contributed by atoms with E-state index in [-0.39, 0.29) is 5.91 Å². The largest absolute Gasteiger partial charge is 0.451 e. The predicted molar refractivity (Wildman–Crippen MR) is 101 cm³/mol. The Hall–Kier alpha value is -2.05. The summed E-state index contributed by atoms with van der Waals surface area (Å²) in [6.07, 6.45) is 1.64. The van der Waals surface area contributed by atoms with Gasteiger partial charge in [-0.05, 0) is 36.4 Å². The first-order valence-electron chi connectivity index (χ1n) is 7.95. The van der Waals surface area contributed by atoms with Gasteiger partial charge in [0.25, 0.3) is 5.91 Å². The van der Waals surface area contributed by atoms with Gasteiger partial charge in [0.15, 0.2) is 5.76 Å². The molecule has 3 aromatic rings. The summed E-state index contributed by atoms with van der Waals surface area (Å²) in [5.41, 5.74) is 0.718. The van der Waals surface area contributed by atoms with Crippen LogP contribution in [0, 0.1) is 0 Å². The predicted octanol–water partition coefficient (Wildman–Crippen LogP) is 4.21. The molecule has 0 spiro atoms. The molecular weight excluding hydrogens is 406 g/mol. The van der Waals surface area contributed by atoms with Gasteiger partial charge in [0.1, 0.15) is 11.4 Å². The number of aromatic nitrogens is 1. The first-order valence-corrected chi connectivity index (χ1v) is 9.12. The second-order valence-corrected chi connectivity index (χ2v) is 7.26. The van der Waals surface area contributed by atoms with Crippen LogP contribution in [0.2, 0.25) is 5.02 Å². The minimum atomic E-state index is -0.0731. The van der Waals surface area contributed by atoms with Crippen LogP contribution in [0.4, 0.5) is 5.82 Å². The van der Waals surface area contributed by atoms with Crippen molar-refractivity contribution in [3.05, 3.63) is 57.9 Å². The topological polar surface area (TPSA) is 49.6 Å². The molecule has 7 heteroatoms. The lowest BCUT2D eigenvalue weighted by Gasteiger charge is -2.35. The molecule has 128 valence electrons. The van der Waals surface area contributed by atoms with Gasteiger partial charge in [0.05, 0.1) is 5.02 Å². The molecule has 2 aromatic heterocycles. The second kappa shape index (κ2) is 6.69. The summed E-state index contributed by atoms with van der Waals surface area (Å²) in [6, 6.07) is 11.2. The van der Waals surface area contributed by atoms with E-state index in [1.165, 1.54) is 0 Å². The normalized spacial score (nSPS) is 15.0. The monoisotopic (exact) mass is 419 g/mol. The van der Waals surface area contributed by atoms with Crippen LogP contribution < -0.4 is 4.90 Å². The summed E-state index contributed by atoms with van der Waals surface area (Å²) in [7, 11) is 0. The first kappa shape index (κ1) is 16.4. The smallest absolute Gasteiger partial charge is 0.289 e. The van der Waals surface area contributed by atoms with E-state index in [0.29, 0.717) is 23.9 Å². The Morgan fingerprint density at radius 2 is 1.92 bits per heavy atom. The second-order valence-electron chi connectivity index (χ2n) is 5.91. The van der Waals surface area contributed by atoms with E-state index < -0.39 is 0 Å². The zero-order valence-electron chi connectivity index (χ0n) is 13.3. The van der Waals surface area contributed by atoms with Crippen LogP contribution in [0.3, 0.4) is 0 Å². The molecule has 5 nitrogen and oxygen atoms in total. The molecule has 1 aliphatic heterocycles. The van der Waals surface area contributed by atoms with E-state index in [2.05, 4.69) is 25.8 Å². The van der Waals surface area contributed by atoms with Gasteiger partial charge in [-0.15, -0.1) is 0 Å². The first-order chi connectivity index (χ1) is 12.1. The number of piperazine rings is 1. The molecule has 1 aromatic carbocycles. The molecule has 0 bridgehead atoms. The number of carbonyl (C=O) groups is 1. The van der Waals surface area contributed by atoms with Gasteiger partial charge in [-0.25, -0.2) is 4.98 Å². The number of pyridine rings is 1. The van der Waals surface area contributed by atoms with Crippen molar-refractivity contribution in [2.45, 2.75) is 0 Å². The number of carbonyl (C=O) groups excluding carboxylic acids is 1. The zero-order chi connectivity index (χ0) is 17.4. The van der Waals surface area contributed by atoms with E-state index >= 15 is 0 Å². The van der Waals surface area contributed by atoms with Gasteiger partial charge in [0, 0.05) is 42.2 Å². The van der Waals surface area contributed by atoms with Crippen molar-refractivity contribution in [1.29, 1.82) is 0 Å². The van der Waals surface area contributed by atoms with E-state index in [1.54, 1.807) is 12.3 Å². The third kappa shape index (κ3) is 3.37. The van der Waals surface area contributed by atoms with Crippen LogP contribution in [0.25, 0.3) is 11.0 Å².